The van der Waals surface area contributed by atoms with Crippen molar-refractivity contribution in [2.75, 3.05) is 0 Å². The van der Waals surface area contributed by atoms with E-state index in [1.54, 1.807) is 0 Å². The van der Waals surface area contributed by atoms with Crippen LogP contribution >= 0.6 is 0 Å². The minimum Gasteiger partial charge on any atom is -0.218 e. The van der Waals surface area contributed by atoms with E-state index in [1.807, 2.05) is 38.1 Å². The van der Waals surface area contributed by atoms with Gasteiger partial charge in [-0.3, -0.25) is 0 Å². The SMILES string of the molecule is CCCC(C)(C)c1cc(C)ccc1S(=O)(=O)c1ccc(C)cc1C(C)(C)CCC. The maximum atomic E-state index is 14.0. The monoisotopic (exact) mass is 414 g/mol. The van der Waals surface area contributed by atoms with Crippen molar-refractivity contribution in [1.82, 2.24) is 0 Å². The van der Waals surface area contributed by atoms with Gasteiger partial charge in [0.1, 0.15) is 0 Å². The number of benzene rings is 2. The molecule has 0 aliphatic rings. The molecule has 160 valence electrons. The molecule has 0 spiro atoms. The van der Waals surface area contributed by atoms with Gasteiger partial charge < -0.3 is 0 Å². The minimum absolute atomic E-state index is 0.201. The lowest BCUT2D eigenvalue weighted by Crippen LogP contribution is -2.24. The molecule has 0 radical (unpaired) electrons. The lowest BCUT2D eigenvalue weighted by atomic mass is 9.80. The van der Waals surface area contributed by atoms with Gasteiger partial charge in [0.15, 0.2) is 0 Å². The van der Waals surface area contributed by atoms with E-state index in [0.717, 1.165) is 47.9 Å². The molecule has 0 fully saturated rings. The Hall–Kier alpha value is -1.61. The van der Waals surface area contributed by atoms with Crippen molar-refractivity contribution < 1.29 is 8.42 Å². The third kappa shape index (κ3) is 4.94. The van der Waals surface area contributed by atoms with E-state index in [2.05, 4.69) is 53.7 Å². The van der Waals surface area contributed by atoms with Crippen LogP contribution in [-0.4, -0.2) is 8.42 Å². The predicted molar refractivity (Wildman–Crippen MR) is 124 cm³/mol. The summed E-state index contributed by atoms with van der Waals surface area (Å²) >= 11 is 0. The highest BCUT2D eigenvalue weighted by Gasteiger charge is 2.34. The van der Waals surface area contributed by atoms with Gasteiger partial charge in [0.05, 0.1) is 9.79 Å². The maximum absolute atomic E-state index is 14.0. The molecule has 0 saturated heterocycles. The second-order valence-electron chi connectivity index (χ2n) is 9.77. The van der Waals surface area contributed by atoms with Gasteiger partial charge in [0.2, 0.25) is 9.84 Å². The first kappa shape index (κ1) is 23.7. The second-order valence-corrected chi connectivity index (χ2v) is 11.7. The van der Waals surface area contributed by atoms with Crippen LogP contribution in [0.1, 0.15) is 89.5 Å². The van der Waals surface area contributed by atoms with Crippen molar-refractivity contribution >= 4 is 9.84 Å². The Morgan fingerprint density at radius 2 is 1.03 bits per heavy atom. The van der Waals surface area contributed by atoms with E-state index in [1.165, 1.54) is 0 Å². The third-order valence-electron chi connectivity index (χ3n) is 6.06. The highest BCUT2D eigenvalue weighted by Crippen LogP contribution is 2.40. The Balaban J connectivity index is 2.79. The fraction of sp³-hybridized carbons (Fsp3) is 0.538. The molecule has 2 aromatic carbocycles. The Morgan fingerprint density at radius 1 is 0.690 bits per heavy atom. The normalized spacial score (nSPS) is 13.0. The van der Waals surface area contributed by atoms with E-state index < -0.39 is 9.84 Å². The van der Waals surface area contributed by atoms with Gasteiger partial charge in [0, 0.05) is 0 Å². The van der Waals surface area contributed by atoms with Crippen LogP contribution in [0.5, 0.6) is 0 Å². The molecule has 0 aliphatic carbocycles. The van der Waals surface area contributed by atoms with Gasteiger partial charge >= 0.3 is 0 Å². The summed E-state index contributed by atoms with van der Waals surface area (Å²) in [5.41, 5.74) is 3.65. The molecule has 0 unspecified atom stereocenters. The molecule has 0 saturated carbocycles. The summed E-state index contributed by atoms with van der Waals surface area (Å²) in [4.78, 5) is 0.915. The average molecular weight is 415 g/mol. The summed E-state index contributed by atoms with van der Waals surface area (Å²) in [6.45, 7) is 17.0. The number of hydrogen-bond donors (Lipinski definition) is 0. The first-order valence-electron chi connectivity index (χ1n) is 10.8. The van der Waals surface area contributed by atoms with Crippen molar-refractivity contribution in [3.8, 4) is 0 Å². The van der Waals surface area contributed by atoms with Crippen LogP contribution in [0, 0.1) is 13.8 Å². The van der Waals surface area contributed by atoms with Crippen LogP contribution in [0.3, 0.4) is 0 Å². The van der Waals surface area contributed by atoms with Crippen LogP contribution in [0.4, 0.5) is 0 Å². The van der Waals surface area contributed by atoms with Gasteiger partial charge in [-0.1, -0.05) is 89.8 Å². The summed E-state index contributed by atoms with van der Waals surface area (Å²) < 4.78 is 28.0. The van der Waals surface area contributed by atoms with Crippen LogP contribution in [0.15, 0.2) is 46.2 Å². The van der Waals surface area contributed by atoms with Crippen molar-refractivity contribution in [3.05, 3.63) is 58.7 Å². The van der Waals surface area contributed by atoms with Crippen molar-refractivity contribution in [3.63, 3.8) is 0 Å². The molecule has 2 rings (SSSR count). The molecule has 2 nitrogen and oxygen atoms in total. The average Bonchev–Trinajstić information content (AvgIpc) is 2.61. The van der Waals surface area contributed by atoms with E-state index in [4.69, 9.17) is 0 Å². The van der Waals surface area contributed by atoms with Crippen molar-refractivity contribution in [2.45, 2.75) is 102 Å². The van der Waals surface area contributed by atoms with Crippen molar-refractivity contribution in [2.24, 2.45) is 0 Å². The molecule has 29 heavy (non-hydrogen) atoms. The first-order chi connectivity index (χ1) is 13.4. The number of sulfone groups is 1. The zero-order valence-electron chi connectivity index (χ0n) is 19.5. The summed E-state index contributed by atoms with van der Waals surface area (Å²) in [5, 5.41) is 0. The quantitative estimate of drug-likeness (QED) is 0.454. The molecule has 0 atom stereocenters. The van der Waals surface area contributed by atoms with Gasteiger partial charge in [0.25, 0.3) is 0 Å². The molecule has 3 heteroatoms. The summed E-state index contributed by atoms with van der Waals surface area (Å²) in [6, 6.07) is 11.6. The van der Waals surface area contributed by atoms with E-state index in [-0.39, 0.29) is 10.8 Å². The van der Waals surface area contributed by atoms with Crippen LogP contribution in [-0.2, 0) is 20.7 Å². The number of aryl methyl sites for hydroxylation is 2. The standard InChI is InChI=1S/C26H38O2S/c1-9-15-25(5,6)21-17-19(3)11-13-23(21)29(27,28)24-14-12-20(4)18-22(24)26(7,8)16-10-2/h11-14,17-18H,9-10,15-16H2,1-8H3. The molecule has 0 N–H and O–H groups in total. The molecular weight excluding hydrogens is 376 g/mol. The minimum atomic E-state index is -3.64. The van der Waals surface area contributed by atoms with Gasteiger partial charge in [-0.25, -0.2) is 8.42 Å². The maximum Gasteiger partial charge on any atom is 0.207 e. The van der Waals surface area contributed by atoms with Crippen LogP contribution in [0.2, 0.25) is 0 Å². The zero-order chi connectivity index (χ0) is 22.0. The summed E-state index contributed by atoms with van der Waals surface area (Å²) in [5.74, 6) is 0. The summed E-state index contributed by atoms with van der Waals surface area (Å²) in [6.07, 6.45) is 3.92. The molecule has 0 bridgehead atoms. The zero-order valence-corrected chi connectivity index (χ0v) is 20.3. The Morgan fingerprint density at radius 3 is 1.34 bits per heavy atom. The Kier molecular flexibility index (Phi) is 7.05. The van der Waals surface area contributed by atoms with Gasteiger partial charge in [-0.15, -0.1) is 0 Å². The molecule has 0 heterocycles. The smallest absolute Gasteiger partial charge is 0.207 e. The topological polar surface area (TPSA) is 34.1 Å². The van der Waals surface area contributed by atoms with Crippen LogP contribution < -0.4 is 0 Å². The number of rotatable bonds is 8. The summed E-state index contributed by atoms with van der Waals surface area (Å²) in [7, 11) is -3.64. The van der Waals surface area contributed by atoms with Crippen LogP contribution in [0.25, 0.3) is 0 Å². The predicted octanol–water partition coefficient (Wildman–Crippen LogP) is 7.29. The highest BCUT2D eigenvalue weighted by molar-refractivity contribution is 7.91. The fourth-order valence-corrected chi connectivity index (χ4v) is 6.43. The lowest BCUT2D eigenvalue weighted by molar-refractivity contribution is 0.458. The van der Waals surface area contributed by atoms with Gasteiger partial charge in [-0.2, -0.15) is 0 Å². The fourth-order valence-electron chi connectivity index (χ4n) is 4.45. The lowest BCUT2D eigenvalue weighted by Gasteiger charge is -2.30. The molecule has 2 aromatic rings. The third-order valence-corrected chi connectivity index (χ3v) is 7.93. The second kappa shape index (κ2) is 8.63. The Labute approximate surface area is 178 Å². The molecular formula is C26H38O2S. The van der Waals surface area contributed by atoms with E-state index in [0.29, 0.717) is 9.79 Å². The van der Waals surface area contributed by atoms with Crippen molar-refractivity contribution in [1.29, 1.82) is 0 Å². The van der Waals surface area contributed by atoms with Gasteiger partial charge in [-0.05, 0) is 60.8 Å². The molecule has 0 amide bonds. The van der Waals surface area contributed by atoms with E-state index in [9.17, 15) is 8.42 Å². The Bertz CT molecular complexity index is 893. The first-order valence-corrected chi connectivity index (χ1v) is 12.3. The van der Waals surface area contributed by atoms with E-state index >= 15 is 0 Å². The largest absolute Gasteiger partial charge is 0.218 e. The number of hydrogen-bond acceptors (Lipinski definition) is 2. The molecule has 0 aromatic heterocycles. The molecule has 0 aliphatic heterocycles. The highest BCUT2D eigenvalue weighted by atomic mass is 32.2.